The average molecular weight is 366 g/mol. The minimum absolute atomic E-state index is 0.181. The fourth-order valence-electron chi connectivity index (χ4n) is 3.30. The molecule has 4 nitrogen and oxygen atoms in total. The van der Waals surface area contributed by atoms with E-state index in [1.54, 1.807) is 36.7 Å². The number of Topliss-reactive ketones (excluding diaryl/α,β-unsaturated/α-hetero) is 1. The van der Waals surface area contributed by atoms with Crippen LogP contribution in [0.5, 0.6) is 0 Å². The predicted molar refractivity (Wildman–Crippen MR) is 110 cm³/mol. The number of pyridine rings is 1. The Morgan fingerprint density at radius 2 is 1.57 bits per heavy atom. The van der Waals surface area contributed by atoms with E-state index in [2.05, 4.69) is 4.98 Å². The second-order valence-electron chi connectivity index (χ2n) is 6.42. The molecule has 1 unspecified atom stereocenters. The zero-order valence-corrected chi connectivity index (χ0v) is 15.1. The number of nitrogens with zero attached hydrogens (tertiary/aromatic N) is 2. The van der Waals surface area contributed by atoms with Gasteiger partial charge in [0, 0.05) is 23.7 Å². The molecule has 0 bridgehead atoms. The Morgan fingerprint density at radius 3 is 2.21 bits per heavy atom. The van der Waals surface area contributed by atoms with Gasteiger partial charge >= 0.3 is 0 Å². The quantitative estimate of drug-likeness (QED) is 0.498. The molecule has 0 N–H and O–H groups in total. The Labute approximate surface area is 163 Å². The second kappa shape index (κ2) is 7.84. The molecule has 1 aliphatic rings. The van der Waals surface area contributed by atoms with Crippen LogP contribution in [-0.4, -0.2) is 23.1 Å². The topological polar surface area (TPSA) is 50.3 Å². The molecule has 4 heteroatoms. The molecule has 0 radical (unpaired) electrons. The minimum atomic E-state index is -0.523. The Balaban J connectivity index is 1.85. The van der Waals surface area contributed by atoms with E-state index in [1.165, 1.54) is 0 Å². The van der Waals surface area contributed by atoms with Crippen molar-refractivity contribution in [3.05, 3.63) is 114 Å². The number of carbonyl (C=O) groups excluding carboxylic acids is 2. The number of allylic oxidation sites excluding steroid dienone is 2. The molecule has 0 spiro atoms. The smallest absolute Gasteiger partial charge is 0.212 e. The van der Waals surface area contributed by atoms with Crippen LogP contribution >= 0.6 is 0 Å². The highest BCUT2D eigenvalue weighted by Gasteiger charge is 2.29. The summed E-state index contributed by atoms with van der Waals surface area (Å²) in [6, 6.07) is 24.0. The summed E-state index contributed by atoms with van der Waals surface area (Å²) < 4.78 is 0. The SMILES string of the molecule is O=CC1C(c2ccccc2)=CC(C(=O)c2ccccn2)=CN1c1ccccc1. The number of benzene rings is 2. The highest BCUT2D eigenvalue weighted by molar-refractivity contribution is 6.12. The Hall–Kier alpha value is -3.79. The molecular formula is C24H18N2O2. The molecule has 1 aromatic heterocycles. The van der Waals surface area contributed by atoms with Crippen LogP contribution in [-0.2, 0) is 4.79 Å². The van der Waals surface area contributed by atoms with Gasteiger partial charge in [-0.3, -0.25) is 9.78 Å². The predicted octanol–water partition coefficient (Wildman–Crippen LogP) is 4.32. The number of ketones is 1. The number of carbonyl (C=O) groups is 2. The van der Waals surface area contributed by atoms with Gasteiger partial charge in [0.15, 0.2) is 0 Å². The minimum Gasteiger partial charge on any atom is -0.333 e. The van der Waals surface area contributed by atoms with Crippen molar-refractivity contribution in [1.29, 1.82) is 0 Å². The van der Waals surface area contributed by atoms with Crippen molar-refractivity contribution in [2.24, 2.45) is 0 Å². The van der Waals surface area contributed by atoms with Crippen LogP contribution in [0.1, 0.15) is 16.1 Å². The number of aromatic nitrogens is 1. The lowest BCUT2D eigenvalue weighted by molar-refractivity contribution is -0.107. The van der Waals surface area contributed by atoms with Gasteiger partial charge < -0.3 is 9.69 Å². The van der Waals surface area contributed by atoms with Gasteiger partial charge in [0.25, 0.3) is 0 Å². The number of aldehydes is 1. The van der Waals surface area contributed by atoms with Crippen molar-refractivity contribution in [2.75, 3.05) is 4.90 Å². The summed E-state index contributed by atoms with van der Waals surface area (Å²) in [7, 11) is 0. The van der Waals surface area contributed by atoms with Gasteiger partial charge in [-0.05, 0) is 41.5 Å². The van der Waals surface area contributed by atoms with Crippen LogP contribution in [0.15, 0.2) is 103 Å². The van der Waals surface area contributed by atoms with Crippen molar-refractivity contribution in [3.63, 3.8) is 0 Å². The summed E-state index contributed by atoms with van der Waals surface area (Å²) in [5, 5.41) is 0. The van der Waals surface area contributed by atoms with Crippen molar-refractivity contribution in [2.45, 2.75) is 6.04 Å². The summed E-state index contributed by atoms with van der Waals surface area (Å²) in [5.74, 6) is -0.181. The summed E-state index contributed by atoms with van der Waals surface area (Å²) in [6.45, 7) is 0. The Kier molecular flexibility index (Phi) is 4.93. The van der Waals surface area contributed by atoms with E-state index in [9.17, 15) is 9.59 Å². The summed E-state index contributed by atoms with van der Waals surface area (Å²) in [5.41, 5.74) is 3.38. The highest BCUT2D eigenvalue weighted by Crippen LogP contribution is 2.32. The van der Waals surface area contributed by atoms with Gasteiger partial charge in [0.2, 0.25) is 5.78 Å². The number of para-hydroxylation sites is 1. The summed E-state index contributed by atoms with van der Waals surface area (Å²) in [6.07, 6.45) is 6.04. The lowest BCUT2D eigenvalue weighted by Gasteiger charge is -2.33. The molecule has 3 aromatic rings. The number of anilines is 1. The van der Waals surface area contributed by atoms with Gasteiger partial charge in [-0.2, -0.15) is 0 Å². The lowest BCUT2D eigenvalue weighted by atomic mass is 9.91. The van der Waals surface area contributed by atoms with Crippen LogP contribution in [0.2, 0.25) is 0 Å². The maximum atomic E-state index is 13.1. The van der Waals surface area contributed by atoms with Gasteiger partial charge in [-0.1, -0.05) is 54.6 Å². The first-order valence-corrected chi connectivity index (χ1v) is 9.01. The first-order valence-electron chi connectivity index (χ1n) is 9.01. The molecule has 1 aliphatic heterocycles. The molecular weight excluding hydrogens is 348 g/mol. The third kappa shape index (κ3) is 3.40. The van der Waals surface area contributed by atoms with E-state index in [0.717, 1.165) is 23.1 Å². The van der Waals surface area contributed by atoms with Crippen molar-refractivity contribution in [1.82, 2.24) is 4.98 Å². The van der Waals surface area contributed by atoms with Crippen LogP contribution in [0.4, 0.5) is 5.69 Å². The van der Waals surface area contributed by atoms with E-state index in [0.29, 0.717) is 11.3 Å². The van der Waals surface area contributed by atoms with Crippen LogP contribution in [0.25, 0.3) is 5.57 Å². The highest BCUT2D eigenvalue weighted by atomic mass is 16.1. The molecule has 0 amide bonds. The normalized spacial score (nSPS) is 16.1. The fraction of sp³-hybridized carbons (Fsp3) is 0.0417. The first kappa shape index (κ1) is 17.6. The van der Waals surface area contributed by atoms with E-state index < -0.39 is 6.04 Å². The van der Waals surface area contributed by atoms with Gasteiger partial charge in [0.05, 0.1) is 0 Å². The first-order chi connectivity index (χ1) is 13.8. The van der Waals surface area contributed by atoms with Gasteiger partial charge in [-0.25, -0.2) is 0 Å². The van der Waals surface area contributed by atoms with E-state index in [-0.39, 0.29) is 5.78 Å². The summed E-state index contributed by atoms with van der Waals surface area (Å²) in [4.78, 5) is 31.1. The van der Waals surface area contributed by atoms with Crippen LogP contribution in [0, 0.1) is 0 Å². The van der Waals surface area contributed by atoms with Crippen molar-refractivity contribution >= 4 is 23.3 Å². The van der Waals surface area contributed by atoms with Crippen LogP contribution in [0.3, 0.4) is 0 Å². The maximum Gasteiger partial charge on any atom is 0.212 e. The standard InChI is InChI=1S/C24H18N2O2/c27-17-23-21(18-9-3-1-4-10-18)15-19(24(28)22-13-7-8-14-25-22)16-26(23)20-11-5-2-6-12-20/h1-17,23H. The molecule has 2 heterocycles. The molecule has 28 heavy (non-hydrogen) atoms. The molecule has 0 aliphatic carbocycles. The van der Waals surface area contributed by atoms with Gasteiger partial charge in [-0.15, -0.1) is 0 Å². The third-order valence-electron chi connectivity index (χ3n) is 4.66. The molecule has 0 saturated heterocycles. The third-order valence-corrected chi connectivity index (χ3v) is 4.66. The zero-order valence-electron chi connectivity index (χ0n) is 15.1. The monoisotopic (exact) mass is 366 g/mol. The van der Waals surface area contributed by atoms with Crippen molar-refractivity contribution in [3.8, 4) is 0 Å². The van der Waals surface area contributed by atoms with E-state index in [4.69, 9.17) is 0 Å². The van der Waals surface area contributed by atoms with Crippen molar-refractivity contribution < 1.29 is 9.59 Å². The van der Waals surface area contributed by atoms with E-state index in [1.807, 2.05) is 65.6 Å². The number of rotatable bonds is 5. The Morgan fingerprint density at radius 1 is 0.893 bits per heavy atom. The maximum absolute atomic E-state index is 13.1. The van der Waals surface area contributed by atoms with Crippen LogP contribution < -0.4 is 4.90 Å². The zero-order chi connectivity index (χ0) is 19.3. The fourth-order valence-corrected chi connectivity index (χ4v) is 3.30. The lowest BCUT2D eigenvalue weighted by Crippen LogP contribution is -2.36. The number of hydrogen-bond donors (Lipinski definition) is 0. The molecule has 2 aromatic carbocycles. The Bertz CT molecular complexity index is 1040. The molecule has 0 saturated carbocycles. The second-order valence-corrected chi connectivity index (χ2v) is 6.42. The molecule has 4 rings (SSSR count). The largest absolute Gasteiger partial charge is 0.333 e. The molecule has 136 valence electrons. The summed E-state index contributed by atoms with van der Waals surface area (Å²) >= 11 is 0. The van der Waals surface area contributed by atoms with E-state index >= 15 is 0 Å². The molecule has 1 atom stereocenters. The molecule has 0 fully saturated rings. The average Bonchev–Trinajstić information content (AvgIpc) is 2.79. The number of hydrogen-bond acceptors (Lipinski definition) is 4. The van der Waals surface area contributed by atoms with Gasteiger partial charge in [0.1, 0.15) is 18.0 Å².